The third kappa shape index (κ3) is 6.37. The van der Waals surface area contributed by atoms with Gasteiger partial charge in [0.1, 0.15) is 23.9 Å². The summed E-state index contributed by atoms with van der Waals surface area (Å²) >= 11 is 0. The number of carbonyl (C=O) groups excluding carboxylic acids is 1. The number of carboxylic acid groups (broad SMARTS) is 1. The first-order valence-electron chi connectivity index (χ1n) is 11.2. The number of hydrogen-bond donors (Lipinski definition) is 1. The van der Waals surface area contributed by atoms with Crippen molar-refractivity contribution in [3.8, 4) is 5.75 Å². The van der Waals surface area contributed by atoms with Crippen LogP contribution in [0.15, 0.2) is 36.5 Å². The number of ether oxygens (including phenoxy) is 1. The number of hydrogen-bond acceptors (Lipinski definition) is 4. The molecule has 1 N–H and O–H groups in total. The Bertz CT molecular complexity index is 1110. The normalized spacial score (nSPS) is 11.1. The molecule has 2 heterocycles. The molecule has 0 aliphatic carbocycles. The van der Waals surface area contributed by atoms with E-state index in [0.717, 1.165) is 32.1 Å². The summed E-state index contributed by atoms with van der Waals surface area (Å²) in [4.78, 5) is 27.8. The molecule has 0 saturated heterocycles. The Morgan fingerprint density at radius 3 is 2.27 bits per heavy atom. The molecule has 0 aliphatic heterocycles. The van der Waals surface area contributed by atoms with E-state index in [2.05, 4.69) is 4.98 Å². The van der Waals surface area contributed by atoms with E-state index in [9.17, 15) is 18.4 Å². The molecule has 0 saturated carbocycles. The zero-order valence-electron chi connectivity index (χ0n) is 18.7. The minimum atomic E-state index is -0.767. The topological polar surface area (TPSA) is 80.9 Å². The molecule has 176 valence electrons. The molecule has 2 aromatic heterocycles. The predicted octanol–water partition coefficient (Wildman–Crippen LogP) is 5.89. The predicted molar refractivity (Wildman–Crippen MR) is 120 cm³/mol. The first-order chi connectivity index (χ1) is 15.9. The number of halogens is 2. The van der Waals surface area contributed by atoms with Crippen LogP contribution in [-0.2, 0) is 11.4 Å². The molecule has 0 unspecified atom stereocenters. The maximum absolute atomic E-state index is 13.9. The number of benzene rings is 1. The van der Waals surface area contributed by atoms with Crippen LogP contribution < -0.4 is 4.74 Å². The molecule has 0 atom stereocenters. The Kier molecular flexibility index (Phi) is 8.52. The number of pyridine rings is 1. The lowest BCUT2D eigenvalue weighted by Crippen LogP contribution is -2.06. The number of aromatic nitrogens is 2. The minimum Gasteiger partial charge on any atom is -0.485 e. The monoisotopic (exact) mass is 458 g/mol. The van der Waals surface area contributed by atoms with Gasteiger partial charge >= 0.3 is 5.97 Å². The third-order valence-corrected chi connectivity index (χ3v) is 5.53. The molecule has 0 fully saturated rings. The van der Waals surface area contributed by atoms with Gasteiger partial charge in [-0.1, -0.05) is 31.7 Å². The van der Waals surface area contributed by atoms with Crippen LogP contribution in [0.5, 0.6) is 5.75 Å². The molecule has 1 aromatic carbocycles. The molecule has 3 aromatic rings. The van der Waals surface area contributed by atoms with Gasteiger partial charge in [0, 0.05) is 19.0 Å². The van der Waals surface area contributed by atoms with E-state index in [1.165, 1.54) is 18.2 Å². The lowest BCUT2D eigenvalue weighted by molar-refractivity contribution is -0.137. The molecule has 0 amide bonds. The Balaban J connectivity index is 1.59. The van der Waals surface area contributed by atoms with Gasteiger partial charge in [0.05, 0.1) is 11.3 Å². The summed E-state index contributed by atoms with van der Waals surface area (Å²) in [6, 6.07) is 7.00. The number of aliphatic carboxylic acids is 1. The minimum absolute atomic E-state index is 0.0248. The summed E-state index contributed by atoms with van der Waals surface area (Å²) in [5.74, 6) is -1.82. The highest BCUT2D eigenvalue weighted by molar-refractivity contribution is 5.96. The fraction of sp³-hybridized carbons (Fsp3) is 0.400. The lowest BCUT2D eigenvalue weighted by atomic mass is 10.1. The first kappa shape index (κ1) is 24.4. The van der Waals surface area contributed by atoms with Crippen LogP contribution in [0, 0.1) is 18.6 Å². The molecule has 0 radical (unpaired) electrons. The van der Waals surface area contributed by atoms with E-state index in [-0.39, 0.29) is 24.4 Å². The van der Waals surface area contributed by atoms with Gasteiger partial charge in [0.15, 0.2) is 17.2 Å². The van der Waals surface area contributed by atoms with Crippen molar-refractivity contribution in [1.82, 2.24) is 9.38 Å². The number of carboxylic acids is 1. The van der Waals surface area contributed by atoms with Gasteiger partial charge in [-0.25, -0.2) is 13.8 Å². The van der Waals surface area contributed by atoms with Crippen molar-refractivity contribution >= 4 is 17.4 Å². The van der Waals surface area contributed by atoms with Gasteiger partial charge in [-0.15, -0.1) is 0 Å². The molecule has 0 aliphatic rings. The number of imidazole rings is 1. The molecule has 3 rings (SSSR count). The SMILES string of the molecule is Cc1nc2c(OCc3c(F)cccc3F)cccn2c1C(=O)CCCCCCCCC(=O)O. The molecule has 8 heteroatoms. The van der Waals surface area contributed by atoms with E-state index in [0.29, 0.717) is 35.6 Å². The summed E-state index contributed by atoms with van der Waals surface area (Å²) in [7, 11) is 0. The Morgan fingerprint density at radius 1 is 0.970 bits per heavy atom. The van der Waals surface area contributed by atoms with Crippen LogP contribution in [0.1, 0.15) is 73.1 Å². The number of carbonyl (C=O) groups is 2. The average molecular weight is 459 g/mol. The van der Waals surface area contributed by atoms with Crippen molar-refractivity contribution in [2.75, 3.05) is 0 Å². The summed E-state index contributed by atoms with van der Waals surface area (Å²) in [5, 5.41) is 8.64. The highest BCUT2D eigenvalue weighted by Gasteiger charge is 2.19. The van der Waals surface area contributed by atoms with Gasteiger partial charge in [0.2, 0.25) is 0 Å². The quantitative estimate of drug-likeness (QED) is 0.255. The van der Waals surface area contributed by atoms with E-state index in [4.69, 9.17) is 9.84 Å². The molecule has 0 bridgehead atoms. The number of Topliss-reactive ketones (excluding diaryl/α,β-unsaturated/α-hetero) is 1. The van der Waals surface area contributed by atoms with E-state index >= 15 is 0 Å². The number of rotatable bonds is 13. The fourth-order valence-electron chi connectivity index (χ4n) is 3.81. The summed E-state index contributed by atoms with van der Waals surface area (Å²) < 4.78 is 35.1. The Hall–Kier alpha value is -3.29. The number of fused-ring (bicyclic) bond motifs is 1. The molecular weight excluding hydrogens is 430 g/mol. The van der Waals surface area contributed by atoms with E-state index in [1.54, 1.807) is 29.7 Å². The maximum atomic E-state index is 13.9. The Labute approximate surface area is 191 Å². The van der Waals surface area contributed by atoms with Crippen molar-refractivity contribution in [3.63, 3.8) is 0 Å². The van der Waals surface area contributed by atoms with Crippen molar-refractivity contribution in [2.24, 2.45) is 0 Å². The van der Waals surface area contributed by atoms with Crippen LogP contribution in [0.2, 0.25) is 0 Å². The van der Waals surface area contributed by atoms with Crippen LogP contribution in [0.3, 0.4) is 0 Å². The fourth-order valence-corrected chi connectivity index (χ4v) is 3.81. The highest BCUT2D eigenvalue weighted by Crippen LogP contribution is 2.25. The van der Waals surface area contributed by atoms with Crippen LogP contribution in [-0.4, -0.2) is 26.2 Å². The van der Waals surface area contributed by atoms with Crippen LogP contribution >= 0.6 is 0 Å². The zero-order valence-corrected chi connectivity index (χ0v) is 18.7. The number of aryl methyl sites for hydroxylation is 1. The molecule has 0 spiro atoms. The lowest BCUT2D eigenvalue weighted by Gasteiger charge is -2.09. The third-order valence-electron chi connectivity index (χ3n) is 5.53. The van der Waals surface area contributed by atoms with Gasteiger partial charge in [-0.3, -0.25) is 14.0 Å². The number of ketones is 1. The van der Waals surface area contributed by atoms with E-state index < -0.39 is 17.6 Å². The second-order valence-corrected chi connectivity index (χ2v) is 8.04. The van der Waals surface area contributed by atoms with Gasteiger partial charge in [-0.05, 0) is 44.0 Å². The molecule has 6 nitrogen and oxygen atoms in total. The van der Waals surface area contributed by atoms with Crippen LogP contribution in [0.25, 0.3) is 5.65 Å². The van der Waals surface area contributed by atoms with E-state index in [1.807, 2.05) is 0 Å². The summed E-state index contributed by atoms with van der Waals surface area (Å²) in [6.45, 7) is 1.46. The smallest absolute Gasteiger partial charge is 0.303 e. The molecule has 33 heavy (non-hydrogen) atoms. The maximum Gasteiger partial charge on any atom is 0.303 e. The molecular formula is C25H28F2N2O4. The van der Waals surface area contributed by atoms with Crippen molar-refractivity contribution < 1.29 is 28.2 Å². The second-order valence-electron chi connectivity index (χ2n) is 8.04. The van der Waals surface area contributed by atoms with Gasteiger partial charge in [0.25, 0.3) is 0 Å². The first-order valence-corrected chi connectivity index (χ1v) is 11.2. The number of nitrogens with zero attached hydrogens (tertiary/aromatic N) is 2. The summed E-state index contributed by atoms with van der Waals surface area (Å²) in [6.07, 6.45) is 7.44. The number of unbranched alkanes of at least 4 members (excludes halogenated alkanes) is 5. The van der Waals surface area contributed by atoms with Gasteiger partial charge < -0.3 is 9.84 Å². The van der Waals surface area contributed by atoms with Crippen LogP contribution in [0.4, 0.5) is 8.78 Å². The van der Waals surface area contributed by atoms with Crippen molar-refractivity contribution in [1.29, 1.82) is 0 Å². The van der Waals surface area contributed by atoms with Gasteiger partial charge in [-0.2, -0.15) is 0 Å². The summed E-state index contributed by atoms with van der Waals surface area (Å²) in [5.41, 5.74) is 1.31. The second kappa shape index (κ2) is 11.5. The average Bonchev–Trinajstić information content (AvgIpc) is 3.11. The van der Waals surface area contributed by atoms with Crippen molar-refractivity contribution in [2.45, 2.75) is 64.9 Å². The standard InChI is InChI=1S/C25H28F2N2O4/c1-17-24(21(30)12-6-4-2-3-5-7-14-23(31)32)29-15-9-13-22(25(29)28-17)33-16-18-19(26)10-8-11-20(18)27/h8-11,13,15H,2-7,12,14,16H2,1H3,(H,31,32). The zero-order chi connectivity index (χ0) is 23.8. The highest BCUT2D eigenvalue weighted by atomic mass is 19.1. The largest absolute Gasteiger partial charge is 0.485 e. The van der Waals surface area contributed by atoms with Crippen molar-refractivity contribution in [3.05, 3.63) is 65.1 Å². The Morgan fingerprint density at radius 2 is 1.61 bits per heavy atom.